The van der Waals surface area contributed by atoms with Crippen molar-refractivity contribution in [1.29, 1.82) is 0 Å². The summed E-state index contributed by atoms with van der Waals surface area (Å²) in [5.41, 5.74) is 6.97. The quantitative estimate of drug-likeness (QED) is 0.230. The molecule has 0 aliphatic heterocycles. The van der Waals surface area contributed by atoms with Crippen molar-refractivity contribution in [2.45, 2.75) is 0 Å². The van der Waals surface area contributed by atoms with Gasteiger partial charge in [-0.2, -0.15) is 0 Å². The lowest BCUT2D eigenvalue weighted by Gasteiger charge is -2.07. The lowest BCUT2D eigenvalue weighted by Crippen LogP contribution is -1.95. The number of pyridine rings is 2. The second kappa shape index (κ2) is 7.69. The van der Waals surface area contributed by atoms with E-state index in [1.807, 2.05) is 30.7 Å². The smallest absolute Gasteiger partial charge is 0.153 e. The van der Waals surface area contributed by atoms with E-state index in [2.05, 4.69) is 79.1 Å². The summed E-state index contributed by atoms with van der Waals surface area (Å²) in [7, 11) is 0. The van der Waals surface area contributed by atoms with Crippen LogP contribution in [0.1, 0.15) is 0 Å². The molecule has 0 atom stereocenters. The van der Waals surface area contributed by atoms with Gasteiger partial charge in [0.15, 0.2) is 5.58 Å². The zero-order valence-electron chi connectivity index (χ0n) is 20.4. The predicted octanol–water partition coefficient (Wildman–Crippen LogP) is 8.30. The van der Waals surface area contributed by atoms with Crippen LogP contribution in [0.5, 0.6) is 0 Å². The number of furan rings is 1. The first-order valence-corrected chi connectivity index (χ1v) is 13.4. The third-order valence-corrected chi connectivity index (χ3v) is 8.76. The molecule has 7 heteroatoms. The molecule has 0 aliphatic rings. The molecule has 6 aromatic heterocycles. The van der Waals surface area contributed by atoms with Gasteiger partial charge in [0.05, 0.1) is 11.7 Å². The maximum atomic E-state index is 6.00. The van der Waals surface area contributed by atoms with Gasteiger partial charge in [0.2, 0.25) is 0 Å². The van der Waals surface area contributed by atoms with Crippen LogP contribution in [0.15, 0.2) is 108 Å². The van der Waals surface area contributed by atoms with E-state index in [9.17, 15) is 0 Å². The van der Waals surface area contributed by atoms with Crippen LogP contribution in [0.25, 0.3) is 80.9 Å². The fourth-order valence-electron chi connectivity index (χ4n) is 5.79. The summed E-state index contributed by atoms with van der Waals surface area (Å²) in [6, 6.07) is 23.4. The minimum atomic E-state index is 0.797. The highest BCUT2D eigenvalue weighted by Gasteiger charge is 2.17. The second-order valence-electron chi connectivity index (χ2n) is 9.64. The fraction of sp³-hybridized carbons (Fsp3) is 0. The minimum absolute atomic E-state index is 0.797. The van der Waals surface area contributed by atoms with Crippen LogP contribution in [0.3, 0.4) is 0 Å². The number of thiophene rings is 1. The van der Waals surface area contributed by atoms with Crippen LogP contribution >= 0.6 is 11.3 Å². The Balaban J connectivity index is 1.28. The zero-order chi connectivity index (χ0) is 25.5. The van der Waals surface area contributed by atoms with E-state index in [1.165, 1.54) is 14.8 Å². The van der Waals surface area contributed by atoms with E-state index in [-0.39, 0.29) is 0 Å². The van der Waals surface area contributed by atoms with Gasteiger partial charge in [-0.15, -0.1) is 11.3 Å². The predicted molar refractivity (Wildman–Crippen MR) is 158 cm³/mol. The first-order valence-electron chi connectivity index (χ1n) is 12.6. The van der Waals surface area contributed by atoms with E-state index in [4.69, 9.17) is 4.42 Å². The molecule has 3 aromatic carbocycles. The maximum absolute atomic E-state index is 6.00. The topological polar surface area (TPSA) is 69.6 Å². The highest BCUT2D eigenvalue weighted by atomic mass is 32.1. The van der Waals surface area contributed by atoms with Crippen molar-refractivity contribution in [3.05, 3.63) is 104 Å². The van der Waals surface area contributed by atoms with Crippen molar-refractivity contribution in [3.8, 4) is 16.8 Å². The second-order valence-corrected chi connectivity index (χ2v) is 10.7. The van der Waals surface area contributed by atoms with Gasteiger partial charge in [-0.25, -0.2) is 9.97 Å². The molecule has 0 unspecified atom stereocenters. The summed E-state index contributed by atoms with van der Waals surface area (Å²) in [6.45, 7) is 0. The van der Waals surface area contributed by atoms with Crippen LogP contribution in [-0.4, -0.2) is 24.5 Å². The standard InChI is InChI=1S/C32H17N5OS/c1-2-4-27-20(3-1)26-15-35-17-36-32(26)37(27)19-6-8-30-23(12-19)25-14-34-13-24(31(25)39-30)18-5-7-28-22(11-18)21-9-10-33-16-29(21)38-28/h1-17H. The van der Waals surface area contributed by atoms with Crippen molar-refractivity contribution in [2.75, 3.05) is 0 Å². The number of hydrogen-bond donors (Lipinski definition) is 0. The number of fused-ring (bicyclic) bond motifs is 9. The van der Waals surface area contributed by atoms with E-state index in [1.54, 1.807) is 30.1 Å². The van der Waals surface area contributed by atoms with Gasteiger partial charge >= 0.3 is 0 Å². The third kappa shape index (κ3) is 2.90. The van der Waals surface area contributed by atoms with Gasteiger partial charge in [0.25, 0.3) is 0 Å². The molecule has 0 saturated heterocycles. The lowest BCUT2D eigenvalue weighted by atomic mass is 10.0. The maximum Gasteiger partial charge on any atom is 0.153 e. The van der Waals surface area contributed by atoms with Crippen molar-refractivity contribution < 1.29 is 4.42 Å². The van der Waals surface area contributed by atoms with Gasteiger partial charge in [-0.05, 0) is 48.0 Å². The Morgan fingerprint density at radius 2 is 1.62 bits per heavy atom. The molecule has 0 saturated carbocycles. The van der Waals surface area contributed by atoms with Crippen LogP contribution in [0.2, 0.25) is 0 Å². The van der Waals surface area contributed by atoms with Gasteiger partial charge < -0.3 is 4.42 Å². The van der Waals surface area contributed by atoms with E-state index in [0.717, 1.165) is 66.1 Å². The Morgan fingerprint density at radius 1 is 0.667 bits per heavy atom. The van der Waals surface area contributed by atoms with E-state index < -0.39 is 0 Å². The largest absolute Gasteiger partial charge is 0.454 e. The molecule has 0 bridgehead atoms. The molecule has 6 heterocycles. The number of para-hydroxylation sites is 1. The average Bonchev–Trinajstić information content (AvgIpc) is 3.66. The first-order chi connectivity index (χ1) is 19.3. The number of rotatable bonds is 2. The Hall–Kier alpha value is -5.14. The molecule has 9 aromatic rings. The van der Waals surface area contributed by atoms with E-state index in [0.29, 0.717) is 0 Å². The summed E-state index contributed by atoms with van der Waals surface area (Å²) in [4.78, 5) is 17.8. The number of hydrogen-bond acceptors (Lipinski definition) is 6. The Morgan fingerprint density at radius 3 is 2.62 bits per heavy atom. The summed E-state index contributed by atoms with van der Waals surface area (Å²) < 4.78 is 10.7. The van der Waals surface area contributed by atoms with Crippen LogP contribution in [0.4, 0.5) is 0 Å². The van der Waals surface area contributed by atoms with Crippen molar-refractivity contribution in [2.24, 2.45) is 0 Å². The summed E-state index contributed by atoms with van der Waals surface area (Å²) in [5, 5.41) is 6.67. The SMILES string of the molecule is c1ccc2c(c1)c1cncnc1n2-c1ccc2sc3c(-c4ccc5oc6cnccc6c5c4)cncc3c2c1. The van der Waals surface area contributed by atoms with Crippen LogP contribution in [-0.2, 0) is 0 Å². The summed E-state index contributed by atoms with van der Waals surface area (Å²) >= 11 is 1.80. The molecule has 0 radical (unpaired) electrons. The van der Waals surface area contributed by atoms with Gasteiger partial charge in [0.1, 0.15) is 17.6 Å². The van der Waals surface area contributed by atoms with Crippen molar-refractivity contribution in [3.63, 3.8) is 0 Å². The van der Waals surface area contributed by atoms with Gasteiger partial charge in [-0.3, -0.25) is 14.5 Å². The number of benzene rings is 3. The first kappa shape index (κ1) is 20.9. The normalized spacial score (nSPS) is 12.1. The lowest BCUT2D eigenvalue weighted by molar-refractivity contribution is 0.667. The highest BCUT2D eigenvalue weighted by molar-refractivity contribution is 7.26. The average molecular weight is 520 g/mol. The van der Waals surface area contributed by atoms with Crippen molar-refractivity contribution in [1.82, 2.24) is 24.5 Å². The number of aromatic nitrogens is 5. The Labute approximate surface area is 224 Å². The van der Waals surface area contributed by atoms with E-state index >= 15 is 0 Å². The van der Waals surface area contributed by atoms with Gasteiger partial charge in [0, 0.05) is 77.8 Å². The highest BCUT2D eigenvalue weighted by Crippen LogP contribution is 2.42. The fourth-order valence-corrected chi connectivity index (χ4v) is 6.97. The van der Waals surface area contributed by atoms with Crippen LogP contribution < -0.4 is 0 Å². The zero-order valence-corrected chi connectivity index (χ0v) is 21.2. The van der Waals surface area contributed by atoms with Gasteiger partial charge in [-0.1, -0.05) is 24.3 Å². The molecule has 9 rings (SSSR count). The molecule has 0 aliphatic carbocycles. The molecule has 0 fully saturated rings. The molecule has 39 heavy (non-hydrogen) atoms. The summed E-state index contributed by atoms with van der Waals surface area (Å²) in [6.07, 6.45) is 11.0. The molecular weight excluding hydrogens is 502 g/mol. The number of nitrogens with zero attached hydrogens (tertiary/aromatic N) is 5. The molecule has 6 nitrogen and oxygen atoms in total. The van der Waals surface area contributed by atoms with Crippen LogP contribution in [0, 0.1) is 0 Å². The molecule has 0 N–H and O–H groups in total. The summed E-state index contributed by atoms with van der Waals surface area (Å²) in [5.74, 6) is 0. The molecule has 0 amide bonds. The Bertz CT molecular complexity index is 2360. The minimum Gasteiger partial charge on any atom is -0.454 e. The molecule has 182 valence electrons. The third-order valence-electron chi connectivity index (χ3n) is 7.54. The molecular formula is C32H17N5OS. The Kier molecular flexibility index (Phi) is 4.11. The van der Waals surface area contributed by atoms with Crippen molar-refractivity contribution >= 4 is 75.4 Å². The molecule has 0 spiro atoms. The monoisotopic (exact) mass is 519 g/mol.